The van der Waals surface area contributed by atoms with Crippen molar-refractivity contribution >= 4 is 29.2 Å². The lowest BCUT2D eigenvalue weighted by Crippen LogP contribution is -2.39. The summed E-state index contributed by atoms with van der Waals surface area (Å²) in [5, 5.41) is 2.69. The molecule has 1 fully saturated rings. The average molecular weight is 423 g/mol. The largest absolute Gasteiger partial charge is 0.495 e. The monoisotopic (exact) mass is 422 g/mol. The highest BCUT2D eigenvalue weighted by Crippen LogP contribution is 2.53. The maximum Gasteiger partial charge on any atom is 0.283 e. The van der Waals surface area contributed by atoms with Crippen LogP contribution in [0, 0.1) is 11.7 Å². The number of aliphatic imine (C=N–C) groups is 1. The van der Waals surface area contributed by atoms with Gasteiger partial charge in [-0.15, -0.1) is 0 Å². The smallest absolute Gasteiger partial charge is 0.283 e. The molecule has 0 radical (unpaired) electrons. The molecule has 1 amide bonds. The number of hydrogen-bond donors (Lipinski definition) is 2. The Hall–Kier alpha value is -2.94. The zero-order valence-electron chi connectivity index (χ0n) is 15.3. The first-order valence-corrected chi connectivity index (χ1v) is 9.14. The molecule has 1 aromatic heterocycles. The Labute approximate surface area is 169 Å². The standard InChI is InChI=1S/C19H17ClF2N4O3/c1-28-10-5-13(20)16(24-7-10)17(27)25-9-2-3-14(22)11(4-9)19(8-21)12-6-15(12)29-18(23)26-19/h2-5,7,12,15H,6,8H2,1H3,(H2,23,26)(H,25,27)/t12-,15+,19+/m0/s1. The minimum atomic E-state index is -1.48. The number of rotatable bonds is 5. The number of nitrogens with one attached hydrogen (secondary N) is 1. The summed E-state index contributed by atoms with van der Waals surface area (Å²) in [5.74, 6) is -1.18. The fraction of sp³-hybridized carbons (Fsp3) is 0.316. The zero-order valence-corrected chi connectivity index (χ0v) is 16.0. The molecule has 0 saturated heterocycles. The van der Waals surface area contributed by atoms with Crippen LogP contribution in [0.25, 0.3) is 0 Å². The Kier molecular flexibility index (Phi) is 4.77. The van der Waals surface area contributed by atoms with Crippen molar-refractivity contribution in [3.8, 4) is 5.75 Å². The van der Waals surface area contributed by atoms with Crippen molar-refractivity contribution in [1.29, 1.82) is 0 Å². The summed E-state index contributed by atoms with van der Waals surface area (Å²) in [4.78, 5) is 20.6. The van der Waals surface area contributed by atoms with E-state index in [-0.39, 0.29) is 40.0 Å². The first-order chi connectivity index (χ1) is 13.9. The lowest BCUT2D eigenvalue weighted by atomic mass is 9.85. The number of fused-ring (bicyclic) bond motifs is 1. The van der Waals surface area contributed by atoms with Crippen molar-refractivity contribution in [2.75, 3.05) is 19.1 Å². The number of amidine groups is 1. The molecule has 4 rings (SSSR count). The fourth-order valence-electron chi connectivity index (χ4n) is 3.55. The SMILES string of the molecule is COc1cnc(C(=O)Nc2ccc(F)c([C@@]3(CF)N=C(N)O[C@@H]4C[C@@H]43)c2)c(Cl)c1. The maximum absolute atomic E-state index is 14.6. The highest BCUT2D eigenvalue weighted by molar-refractivity contribution is 6.34. The van der Waals surface area contributed by atoms with E-state index in [1.807, 2.05) is 0 Å². The summed E-state index contributed by atoms with van der Waals surface area (Å²) in [5.41, 5.74) is 4.40. The van der Waals surface area contributed by atoms with Gasteiger partial charge in [0.2, 0.25) is 0 Å². The van der Waals surface area contributed by atoms with Crippen LogP contribution in [0.15, 0.2) is 35.5 Å². The average Bonchev–Trinajstić information content (AvgIpc) is 3.48. The predicted octanol–water partition coefficient (Wildman–Crippen LogP) is 3.03. The van der Waals surface area contributed by atoms with E-state index in [1.165, 1.54) is 31.5 Å². The van der Waals surface area contributed by atoms with E-state index in [0.29, 0.717) is 12.2 Å². The molecule has 0 unspecified atom stereocenters. The molecule has 0 bridgehead atoms. The third kappa shape index (κ3) is 3.35. The van der Waals surface area contributed by atoms with E-state index in [2.05, 4.69) is 15.3 Å². The molecule has 2 heterocycles. The molecule has 1 saturated carbocycles. The normalized spacial score (nSPS) is 24.8. The Morgan fingerprint density at radius 1 is 1.48 bits per heavy atom. The topological polar surface area (TPSA) is 98.8 Å². The van der Waals surface area contributed by atoms with Crippen LogP contribution in [0.1, 0.15) is 22.5 Å². The van der Waals surface area contributed by atoms with E-state index >= 15 is 0 Å². The molecule has 29 heavy (non-hydrogen) atoms. The van der Waals surface area contributed by atoms with Gasteiger partial charge in [0.15, 0.2) is 0 Å². The van der Waals surface area contributed by atoms with Gasteiger partial charge in [0.25, 0.3) is 11.9 Å². The van der Waals surface area contributed by atoms with E-state index < -0.39 is 23.9 Å². The number of carbonyl (C=O) groups excluding carboxylic acids is 1. The van der Waals surface area contributed by atoms with Gasteiger partial charge in [0.1, 0.15) is 35.6 Å². The molecule has 3 N–H and O–H groups in total. The minimum Gasteiger partial charge on any atom is -0.495 e. The first-order valence-electron chi connectivity index (χ1n) is 8.77. The van der Waals surface area contributed by atoms with E-state index in [9.17, 15) is 13.6 Å². The maximum atomic E-state index is 14.6. The fourth-order valence-corrected chi connectivity index (χ4v) is 3.79. The number of pyridine rings is 1. The molecule has 3 atom stereocenters. The molecular weight excluding hydrogens is 406 g/mol. The molecule has 7 nitrogen and oxygen atoms in total. The minimum absolute atomic E-state index is 0.00494. The molecular formula is C19H17ClF2N4O3. The first kappa shape index (κ1) is 19.4. The van der Waals surface area contributed by atoms with Gasteiger partial charge in [0, 0.05) is 23.2 Å². The van der Waals surface area contributed by atoms with Crippen LogP contribution in [-0.4, -0.2) is 36.8 Å². The van der Waals surface area contributed by atoms with Crippen molar-refractivity contribution < 1.29 is 23.0 Å². The molecule has 1 aliphatic carbocycles. The number of halogens is 3. The Morgan fingerprint density at radius 3 is 2.97 bits per heavy atom. The van der Waals surface area contributed by atoms with Gasteiger partial charge < -0.3 is 20.5 Å². The second-order valence-corrected chi connectivity index (χ2v) is 7.27. The van der Waals surface area contributed by atoms with Crippen molar-refractivity contribution in [1.82, 2.24) is 4.98 Å². The van der Waals surface area contributed by atoms with Crippen LogP contribution < -0.4 is 15.8 Å². The lowest BCUT2D eigenvalue weighted by Gasteiger charge is -2.31. The van der Waals surface area contributed by atoms with Crippen molar-refractivity contribution in [3.63, 3.8) is 0 Å². The van der Waals surface area contributed by atoms with Crippen LogP contribution in [0.2, 0.25) is 5.02 Å². The summed E-state index contributed by atoms with van der Waals surface area (Å²) in [6.07, 6.45) is 1.58. The van der Waals surface area contributed by atoms with Gasteiger partial charge in [-0.2, -0.15) is 0 Å². The summed E-state index contributed by atoms with van der Waals surface area (Å²) >= 11 is 6.07. The van der Waals surface area contributed by atoms with E-state index in [0.717, 1.165) is 6.07 Å². The van der Waals surface area contributed by atoms with Gasteiger partial charge >= 0.3 is 0 Å². The van der Waals surface area contributed by atoms with Crippen molar-refractivity contribution in [2.24, 2.45) is 16.6 Å². The molecule has 0 spiro atoms. The number of aromatic nitrogens is 1. The Morgan fingerprint density at radius 2 is 2.28 bits per heavy atom. The quantitative estimate of drug-likeness (QED) is 0.771. The predicted molar refractivity (Wildman–Crippen MR) is 102 cm³/mol. The lowest BCUT2D eigenvalue weighted by molar-refractivity contribution is 0.102. The molecule has 2 aliphatic rings. The number of carbonyl (C=O) groups is 1. The summed E-state index contributed by atoms with van der Waals surface area (Å²) in [6, 6.07) is 5.12. The highest BCUT2D eigenvalue weighted by Gasteiger charge is 2.60. The number of benzene rings is 1. The van der Waals surface area contributed by atoms with Crippen LogP contribution >= 0.6 is 11.6 Å². The number of ether oxygens (including phenoxy) is 2. The van der Waals surface area contributed by atoms with Crippen molar-refractivity contribution in [3.05, 3.63) is 52.6 Å². The van der Waals surface area contributed by atoms with E-state index in [4.69, 9.17) is 26.8 Å². The summed E-state index contributed by atoms with van der Waals surface area (Å²) in [7, 11) is 1.45. The number of alkyl halides is 1. The highest BCUT2D eigenvalue weighted by atomic mass is 35.5. The van der Waals surface area contributed by atoms with Gasteiger partial charge in [-0.05, 0) is 24.6 Å². The Bertz CT molecular complexity index is 1020. The third-order valence-corrected chi connectivity index (χ3v) is 5.38. The second-order valence-electron chi connectivity index (χ2n) is 6.86. The molecule has 1 aromatic carbocycles. The van der Waals surface area contributed by atoms with Crippen LogP contribution in [-0.2, 0) is 10.3 Å². The molecule has 1 aliphatic heterocycles. The Balaban J connectivity index is 1.66. The van der Waals surface area contributed by atoms with Crippen molar-refractivity contribution in [2.45, 2.75) is 18.1 Å². The van der Waals surface area contributed by atoms with Crippen LogP contribution in [0.3, 0.4) is 0 Å². The zero-order chi connectivity index (χ0) is 20.8. The summed E-state index contributed by atoms with van der Waals surface area (Å²) in [6.45, 7) is -0.946. The van der Waals surface area contributed by atoms with Gasteiger partial charge in [0.05, 0.1) is 18.3 Å². The molecule has 152 valence electrons. The number of methoxy groups -OCH3 is 1. The van der Waals surface area contributed by atoms with Gasteiger partial charge in [-0.25, -0.2) is 18.8 Å². The number of anilines is 1. The molecule has 2 aromatic rings. The molecule has 10 heteroatoms. The summed E-state index contributed by atoms with van der Waals surface area (Å²) < 4.78 is 39.1. The third-order valence-electron chi connectivity index (χ3n) is 5.09. The van der Waals surface area contributed by atoms with E-state index in [1.54, 1.807) is 0 Å². The number of nitrogens with zero attached hydrogens (tertiary/aromatic N) is 2. The number of nitrogens with two attached hydrogens (primary N) is 1. The number of hydrogen-bond acceptors (Lipinski definition) is 6. The van der Waals surface area contributed by atoms with Gasteiger partial charge in [-0.1, -0.05) is 11.6 Å². The number of amides is 1. The van der Waals surface area contributed by atoms with Gasteiger partial charge in [-0.3, -0.25) is 4.79 Å². The van der Waals surface area contributed by atoms with Crippen LogP contribution in [0.5, 0.6) is 5.75 Å². The van der Waals surface area contributed by atoms with Crippen LogP contribution in [0.4, 0.5) is 14.5 Å². The second kappa shape index (κ2) is 7.14.